The van der Waals surface area contributed by atoms with Crippen LogP contribution in [0.25, 0.3) is 0 Å². The molecular weight excluding hydrogens is 263 g/mol. The molecule has 0 amide bonds. The molecule has 1 atom stereocenters. The number of halogens is 1. The Morgan fingerprint density at radius 2 is 1.88 bits per heavy atom. The molecule has 0 aromatic rings. The van der Waals surface area contributed by atoms with E-state index in [1.807, 2.05) is 20.8 Å². The summed E-state index contributed by atoms with van der Waals surface area (Å²) < 4.78 is 24.2. The van der Waals surface area contributed by atoms with Gasteiger partial charge < -0.3 is 4.62 Å². The van der Waals surface area contributed by atoms with E-state index >= 15 is 0 Å². The average Bonchev–Trinajstić information content (AvgIpc) is 2.29. The Kier molecular flexibility index (Phi) is 8.88. The van der Waals surface area contributed by atoms with Crippen molar-refractivity contribution >= 4 is 24.5 Å². The topological polar surface area (TPSA) is 51.1 Å². The third-order valence-corrected chi connectivity index (χ3v) is 4.46. The summed E-state index contributed by atoms with van der Waals surface area (Å²) in [4.78, 5) is 0. The summed E-state index contributed by atoms with van der Waals surface area (Å²) in [5, 5.41) is 3.98. The second-order valence-corrected chi connectivity index (χ2v) is 5.69. The fourth-order valence-electron chi connectivity index (χ4n) is 1.24. The zero-order valence-electron chi connectivity index (χ0n) is 11.0. The molecule has 0 saturated carbocycles. The molecular formula is C10H22ClN2O3P. The molecule has 0 heterocycles. The second-order valence-electron chi connectivity index (χ2n) is 3.32. The molecule has 0 spiro atoms. The quantitative estimate of drug-likeness (QED) is 0.367. The Labute approximate surface area is 109 Å². The summed E-state index contributed by atoms with van der Waals surface area (Å²) in [6.07, 6.45) is 1.46. The van der Waals surface area contributed by atoms with E-state index in [4.69, 9.17) is 20.7 Å². The van der Waals surface area contributed by atoms with Crippen molar-refractivity contribution in [3.05, 3.63) is 0 Å². The van der Waals surface area contributed by atoms with E-state index in [0.717, 1.165) is 6.42 Å². The van der Waals surface area contributed by atoms with Crippen molar-refractivity contribution in [1.82, 2.24) is 4.67 Å². The first-order chi connectivity index (χ1) is 8.03. The lowest BCUT2D eigenvalue weighted by molar-refractivity contribution is 0.170. The summed E-state index contributed by atoms with van der Waals surface area (Å²) >= 11 is 5.81. The van der Waals surface area contributed by atoms with Crippen LogP contribution in [-0.4, -0.2) is 29.5 Å². The summed E-state index contributed by atoms with van der Waals surface area (Å²) in [6.45, 7) is 8.94. The molecule has 0 aliphatic heterocycles. The summed E-state index contributed by atoms with van der Waals surface area (Å²) in [6, 6.07) is 0. The van der Waals surface area contributed by atoms with Gasteiger partial charge in [-0.05, 0) is 13.3 Å². The Bertz CT molecular complexity index is 283. The highest BCUT2D eigenvalue weighted by molar-refractivity contribution is 7.51. The monoisotopic (exact) mass is 284 g/mol. The van der Waals surface area contributed by atoms with E-state index < -0.39 is 7.75 Å². The zero-order valence-corrected chi connectivity index (χ0v) is 12.6. The van der Waals surface area contributed by atoms with Crippen LogP contribution in [-0.2, 0) is 13.7 Å². The van der Waals surface area contributed by atoms with Gasteiger partial charge in [-0.1, -0.05) is 37.5 Å². The molecule has 0 aliphatic carbocycles. The Morgan fingerprint density at radius 1 is 1.29 bits per heavy atom. The van der Waals surface area contributed by atoms with Crippen LogP contribution in [0.1, 0.15) is 40.5 Å². The molecule has 102 valence electrons. The number of hydrogen-bond donors (Lipinski definition) is 0. The third-order valence-electron chi connectivity index (χ3n) is 2.07. The first-order valence-electron chi connectivity index (χ1n) is 5.95. The van der Waals surface area contributed by atoms with Gasteiger partial charge in [-0.25, -0.2) is 4.57 Å². The molecule has 0 bridgehead atoms. The Hall–Kier alpha value is -0.0900. The van der Waals surface area contributed by atoms with Crippen LogP contribution >= 0.6 is 19.3 Å². The summed E-state index contributed by atoms with van der Waals surface area (Å²) in [5.74, 6) is 0. The predicted octanol–water partition coefficient (Wildman–Crippen LogP) is 3.84. The minimum Gasteiger partial charge on any atom is -0.300 e. The van der Waals surface area contributed by atoms with Crippen molar-refractivity contribution in [2.45, 2.75) is 40.5 Å². The maximum Gasteiger partial charge on any atom is 0.481 e. The molecule has 0 fully saturated rings. The lowest BCUT2D eigenvalue weighted by Crippen LogP contribution is -2.21. The van der Waals surface area contributed by atoms with Crippen LogP contribution < -0.4 is 0 Å². The maximum absolute atomic E-state index is 12.4. The maximum atomic E-state index is 12.4. The highest BCUT2D eigenvalue weighted by Gasteiger charge is 2.33. The van der Waals surface area contributed by atoms with E-state index in [0.29, 0.717) is 31.3 Å². The minimum atomic E-state index is -3.35. The fraction of sp³-hybridized carbons (Fsp3) is 0.900. The fourth-order valence-corrected chi connectivity index (χ4v) is 3.04. The molecule has 0 N–H and O–H groups in total. The van der Waals surface area contributed by atoms with E-state index in [9.17, 15) is 4.57 Å². The van der Waals surface area contributed by atoms with Gasteiger partial charge in [-0.3, -0.25) is 4.52 Å². The van der Waals surface area contributed by atoms with Gasteiger partial charge in [0, 0.05) is 19.5 Å². The van der Waals surface area contributed by atoms with Gasteiger partial charge in [0.1, 0.15) is 5.17 Å². The minimum absolute atomic E-state index is 0.300. The van der Waals surface area contributed by atoms with Crippen LogP contribution in [0.5, 0.6) is 0 Å². The van der Waals surface area contributed by atoms with Crippen molar-refractivity contribution in [3.63, 3.8) is 0 Å². The predicted molar refractivity (Wildman–Crippen MR) is 71.4 cm³/mol. The largest absolute Gasteiger partial charge is 0.481 e. The van der Waals surface area contributed by atoms with E-state index in [1.165, 1.54) is 0 Å². The molecule has 5 nitrogen and oxygen atoms in total. The molecule has 0 aliphatic rings. The Balaban J connectivity index is 4.72. The lowest BCUT2D eigenvalue weighted by atomic mass is 10.4. The standard InChI is InChI=1S/C10H22ClN2O3P/c1-5-9-10(11)12-16-17(14,15-8-4)13(6-2)7-3/h5-9H2,1-4H3/b12-10-/t17-/m0/s1. The third kappa shape index (κ3) is 5.87. The molecule has 17 heavy (non-hydrogen) atoms. The van der Waals surface area contributed by atoms with Crippen molar-refractivity contribution in [2.24, 2.45) is 5.16 Å². The summed E-state index contributed by atoms with van der Waals surface area (Å²) in [5.41, 5.74) is 0. The molecule has 0 aromatic heterocycles. The van der Waals surface area contributed by atoms with Gasteiger partial charge in [-0.2, -0.15) is 4.67 Å². The van der Waals surface area contributed by atoms with E-state index in [2.05, 4.69) is 5.16 Å². The number of nitrogens with zero attached hydrogens (tertiary/aromatic N) is 2. The van der Waals surface area contributed by atoms with Crippen molar-refractivity contribution in [3.8, 4) is 0 Å². The SMILES string of the molecule is CCC/C(Cl)=N/O[P@@](=O)(OCC)N(CC)CC. The van der Waals surface area contributed by atoms with Crippen LogP contribution in [0, 0.1) is 0 Å². The summed E-state index contributed by atoms with van der Waals surface area (Å²) in [7, 11) is -3.35. The van der Waals surface area contributed by atoms with Crippen LogP contribution in [0.2, 0.25) is 0 Å². The lowest BCUT2D eigenvalue weighted by Gasteiger charge is -2.25. The van der Waals surface area contributed by atoms with Gasteiger partial charge in [0.2, 0.25) is 0 Å². The van der Waals surface area contributed by atoms with Crippen LogP contribution in [0.15, 0.2) is 5.16 Å². The average molecular weight is 285 g/mol. The first-order valence-corrected chi connectivity index (χ1v) is 7.82. The van der Waals surface area contributed by atoms with Gasteiger partial charge in [0.05, 0.1) is 6.61 Å². The number of hydrogen-bond acceptors (Lipinski definition) is 4. The van der Waals surface area contributed by atoms with E-state index in [-0.39, 0.29) is 0 Å². The molecule has 0 aromatic carbocycles. The first kappa shape index (κ1) is 16.9. The second kappa shape index (κ2) is 8.92. The van der Waals surface area contributed by atoms with Gasteiger partial charge in [0.25, 0.3) is 0 Å². The highest BCUT2D eigenvalue weighted by atomic mass is 35.5. The zero-order chi connectivity index (χ0) is 13.3. The molecule has 7 heteroatoms. The molecule has 0 saturated heterocycles. The van der Waals surface area contributed by atoms with Crippen LogP contribution in [0.4, 0.5) is 0 Å². The molecule has 0 rings (SSSR count). The van der Waals surface area contributed by atoms with Crippen molar-refractivity contribution in [1.29, 1.82) is 0 Å². The number of rotatable bonds is 9. The van der Waals surface area contributed by atoms with Crippen LogP contribution in [0.3, 0.4) is 0 Å². The van der Waals surface area contributed by atoms with E-state index in [1.54, 1.807) is 11.6 Å². The van der Waals surface area contributed by atoms with Crippen molar-refractivity contribution < 1.29 is 13.7 Å². The number of oxime groups is 1. The van der Waals surface area contributed by atoms with Gasteiger partial charge in [0.15, 0.2) is 0 Å². The normalized spacial score (nSPS) is 16.0. The van der Waals surface area contributed by atoms with Gasteiger partial charge >= 0.3 is 7.75 Å². The van der Waals surface area contributed by atoms with Crippen molar-refractivity contribution in [2.75, 3.05) is 19.7 Å². The highest BCUT2D eigenvalue weighted by Crippen LogP contribution is 2.51. The molecule has 0 unspecified atom stereocenters. The Morgan fingerprint density at radius 3 is 2.29 bits per heavy atom. The smallest absolute Gasteiger partial charge is 0.300 e. The molecule has 0 radical (unpaired) electrons. The van der Waals surface area contributed by atoms with Gasteiger partial charge in [-0.15, -0.1) is 0 Å².